The zero-order chi connectivity index (χ0) is 113. The molecular weight excluding hydrogens is 1830 g/mol. The van der Waals surface area contributed by atoms with E-state index in [9.17, 15) is 43.2 Å². The average Bonchev–Trinajstić information content (AvgIpc) is 0.847. The van der Waals surface area contributed by atoms with Crippen LogP contribution in [0.2, 0.25) is 0 Å². The Morgan fingerprint density at radius 2 is 0.490 bits per heavy atom. The molecule has 0 spiro atoms. The zero-order valence-electron chi connectivity index (χ0n) is 98.2. The molecule has 0 aliphatic carbocycles. The van der Waals surface area contributed by atoms with E-state index in [2.05, 4.69) is 211 Å². The predicted octanol–water partition coefficient (Wildman–Crippen LogP) is 16.5. The highest BCUT2D eigenvalue weighted by molar-refractivity contribution is 5.91. The Balaban J connectivity index is -0.000000244. The summed E-state index contributed by atoms with van der Waals surface area (Å²) in [5.41, 5.74) is 1.01. The van der Waals surface area contributed by atoms with Gasteiger partial charge in [0.1, 0.15) is 118 Å². The lowest BCUT2D eigenvalue weighted by molar-refractivity contribution is -0.948. The van der Waals surface area contributed by atoms with E-state index in [1.54, 1.807) is 33.8 Å². The van der Waals surface area contributed by atoms with E-state index in [4.69, 9.17) is 63.6 Å². The van der Waals surface area contributed by atoms with Gasteiger partial charge in [-0.15, -0.1) is 25.7 Å². The Hall–Kier alpha value is -9.69. The monoisotopic (exact) mass is 2040 g/mol. The first kappa shape index (κ1) is 151. The minimum atomic E-state index is -0.585. The summed E-state index contributed by atoms with van der Waals surface area (Å²) in [6.45, 7) is 90.0. The van der Waals surface area contributed by atoms with Crippen molar-refractivity contribution in [2.45, 2.75) is 282 Å². The molecule has 7 atom stereocenters. The van der Waals surface area contributed by atoms with E-state index in [1.807, 2.05) is 96.3 Å². The van der Waals surface area contributed by atoms with Crippen molar-refractivity contribution < 1.29 is 126 Å². The van der Waals surface area contributed by atoms with Gasteiger partial charge in [-0.2, -0.15) is 0 Å². The highest BCUT2D eigenvalue weighted by Crippen LogP contribution is 2.21. The minimum absolute atomic E-state index is 0.255. The number of ether oxygens (including phenoxy) is 9. The molecule has 7 unspecified atom stereocenters. The predicted molar refractivity (Wildman–Crippen MR) is 596 cm³/mol. The lowest BCUT2D eigenvalue weighted by Crippen LogP contribution is -2.56. The number of carbonyl (C=O) groups is 9. The Morgan fingerprint density at radius 1 is 0.269 bits per heavy atom. The number of benzene rings is 1. The molecule has 1 aromatic carbocycles. The van der Waals surface area contributed by atoms with Crippen molar-refractivity contribution in [1.82, 2.24) is 0 Å². The number of terminal acetylenes is 4. The van der Waals surface area contributed by atoms with E-state index in [0.717, 1.165) is 248 Å². The zero-order valence-corrected chi connectivity index (χ0v) is 98.2. The summed E-state index contributed by atoms with van der Waals surface area (Å²) in [5, 5.41) is 0. The highest BCUT2D eigenvalue weighted by Gasteiger charge is 2.34. The van der Waals surface area contributed by atoms with Gasteiger partial charge in [0.2, 0.25) is 0 Å². The molecule has 828 valence electrons. The van der Waals surface area contributed by atoms with Crippen LogP contribution in [0.5, 0.6) is 0 Å². The molecule has 0 aromatic heterocycles. The second-order valence-electron chi connectivity index (χ2n) is 38.2. The van der Waals surface area contributed by atoms with Crippen molar-refractivity contribution in [3.05, 3.63) is 42.0 Å². The van der Waals surface area contributed by atoms with E-state index in [-0.39, 0.29) is 5.97 Å². The molecule has 0 fully saturated rings. The summed E-state index contributed by atoms with van der Waals surface area (Å²) in [5.74, 6) is 23.2. The van der Waals surface area contributed by atoms with Gasteiger partial charge in [-0.25, -0.2) is 43.2 Å². The van der Waals surface area contributed by atoms with Gasteiger partial charge < -0.3 is 83.0 Å². The van der Waals surface area contributed by atoms with Crippen LogP contribution in [0.3, 0.4) is 0 Å². The fraction of sp³-hybridized carbons (Fsp3) is 0.720. The van der Waals surface area contributed by atoms with Crippen LogP contribution in [0.15, 0.2) is 36.4 Å². The lowest BCUT2D eigenvalue weighted by Gasteiger charge is -2.42. The van der Waals surface area contributed by atoms with Crippen molar-refractivity contribution in [2.75, 3.05) is 285 Å². The van der Waals surface area contributed by atoms with Crippen LogP contribution in [0.4, 0.5) is 0 Å². The molecule has 0 N–H and O–H groups in total. The van der Waals surface area contributed by atoms with Gasteiger partial charge in [0.15, 0.2) is 0 Å². The van der Waals surface area contributed by atoms with Gasteiger partial charge in [0.25, 0.3) is 0 Å². The van der Waals surface area contributed by atoms with Crippen LogP contribution in [-0.2, 0) is 85.8 Å². The second-order valence-corrected chi connectivity index (χ2v) is 38.2. The third-order valence-electron chi connectivity index (χ3n) is 26.9. The summed E-state index contributed by atoms with van der Waals surface area (Å²) >= 11 is 0. The fourth-order valence-electron chi connectivity index (χ4n) is 16.3. The molecule has 0 aliphatic heterocycles. The second kappa shape index (κ2) is 95.2. The minimum Gasteiger partial charge on any atom is -0.457 e. The van der Waals surface area contributed by atoms with Gasteiger partial charge in [0.05, 0.1) is 179 Å². The molecule has 27 nitrogen and oxygen atoms in total. The summed E-state index contributed by atoms with van der Waals surface area (Å²) in [7, 11) is 12.2. The topological polar surface area (TPSA) is 237 Å². The van der Waals surface area contributed by atoms with Gasteiger partial charge in [-0.05, 0) is 194 Å². The van der Waals surface area contributed by atoms with Gasteiger partial charge in [-0.1, -0.05) is 143 Å². The Bertz CT molecular complexity index is 4020. The number of hydrogen-bond acceptors (Lipinski definition) is 18. The number of carbonyl (C=O) groups excluding carboxylic acids is 9. The largest absolute Gasteiger partial charge is 0.457 e. The summed E-state index contributed by atoms with van der Waals surface area (Å²) < 4.78 is 53.7. The SMILES string of the molecule is C#CC(=O)OCC[N+](C)(C)C.C#CC(=O)OCC[N+](CC)(CC)CC.C#CC(=O)OCC[N+](CC)(CCC)C(C)CC.C#CC(=O)OCC[N+](CC)(CCC)CCCC.CC#CC(=O)OCC[N+](C)(C)C.CC#CC(=O)OCC[N+](CC)(CC)CC.CC#CC(=O)OCC[N+](CC)(CCC)C(C)CC.CC#CC(=O)OCC[N+](CC)(CCC)CCCC.CCCC[N+](CC)(CCC)CCOC(=O)/C=C/c1ccccc1. The van der Waals surface area contributed by atoms with Crippen molar-refractivity contribution in [3.63, 3.8) is 0 Å². The number of quaternary nitrogens is 9. The van der Waals surface area contributed by atoms with Gasteiger partial charge in [0, 0.05) is 53.4 Å². The number of esters is 9. The molecule has 0 saturated heterocycles. The first-order chi connectivity index (χ1) is 68.7. The quantitative estimate of drug-likeness (QED) is 0.0147. The first-order valence-electron chi connectivity index (χ1n) is 54.1. The molecule has 0 amide bonds. The highest BCUT2D eigenvalue weighted by atomic mass is 16.6. The molecule has 0 bridgehead atoms. The maximum atomic E-state index is 11.8. The number of hydrogen-bond donors (Lipinski definition) is 0. The summed E-state index contributed by atoms with van der Waals surface area (Å²) in [6.07, 6.45) is 38.3. The van der Waals surface area contributed by atoms with Crippen molar-refractivity contribution in [2.24, 2.45) is 0 Å². The maximum Gasteiger partial charge on any atom is 0.384 e. The molecule has 0 heterocycles. The van der Waals surface area contributed by atoms with Crippen molar-refractivity contribution in [3.8, 4) is 96.7 Å². The van der Waals surface area contributed by atoms with E-state index < -0.39 is 47.8 Å². The fourth-order valence-corrected chi connectivity index (χ4v) is 16.3. The molecular formula is C118H212N9O18+9. The number of nitrogens with zero attached hydrogens (tertiary/aromatic N) is 9. The standard InChI is InChI=1S/C20H32NO2.2C15H28NO2.2C14H26NO2.C12H22NO2.C11H20NO2.C9H16NO2.C8H14NO2/c1-4-7-16-21(6-3,15-5-2)17-18-23-20(22)14-13-19-11-9-8-10-12-19;1-6-10-15(17)18-13-12-16(9-4,11-7-2)14(5)8-3;1-5-9-12-16(8-4,11-7-3)13-14-18-15(17)10-6-2;1-6-10-15(9-4,13(5)7-2)11-12-17-14(16)8-3;1-5-9-11-15(8-4,10-6-2)12-13-17-14(16)7-3;1-5-9-12(14)15-11-10-13(6-2,7-3)8-4;1-5-11(13)14-10-9-12(6-2,7-3)8-4;1-5-6-9(11)12-8-7-10(2,3)4;1-5-8(10)11-7-6-9(2,3)4/h8-14H,4-7,15-18H2,1-3H3;14H,7-9,11-13H2,1-5H3;5,7-9,11-14H2,1-4H3;3,13H,6-7,9-12H2,1-2,4-5H3;3H,5-6,8-13H2,1-2,4H3;6-8,10-11H2,1-4H3;1H,6-10H2,2-4H3;7-8H2,1-4H3;1H,6-7H2,2-4H3/q9*+1/b14-13+;;;;;;;;. The van der Waals surface area contributed by atoms with Crippen LogP contribution >= 0.6 is 0 Å². The van der Waals surface area contributed by atoms with Crippen molar-refractivity contribution in [1.29, 1.82) is 0 Å². The Labute approximate surface area is 887 Å². The average molecular weight is 2050 g/mol. The van der Waals surface area contributed by atoms with Crippen molar-refractivity contribution >= 4 is 59.8 Å². The van der Waals surface area contributed by atoms with E-state index in [0.29, 0.717) is 71.5 Å². The maximum absolute atomic E-state index is 11.8. The van der Waals surface area contributed by atoms with E-state index in [1.165, 1.54) is 70.5 Å². The summed E-state index contributed by atoms with van der Waals surface area (Å²) in [4.78, 5) is 98.9. The van der Waals surface area contributed by atoms with Crippen LogP contribution in [0.25, 0.3) is 6.08 Å². The first-order valence-corrected chi connectivity index (χ1v) is 54.1. The molecule has 1 rings (SSSR count). The Kier molecular flexibility index (Phi) is 98.9. The van der Waals surface area contributed by atoms with E-state index >= 15 is 0 Å². The normalized spacial score (nSPS) is 12.9. The van der Waals surface area contributed by atoms with Gasteiger partial charge in [-0.3, -0.25) is 0 Å². The lowest BCUT2D eigenvalue weighted by atomic mass is 10.1. The van der Waals surface area contributed by atoms with Crippen LogP contribution in [-0.4, -0.2) is 391 Å². The molecule has 27 heteroatoms. The third-order valence-corrected chi connectivity index (χ3v) is 26.9. The summed E-state index contributed by atoms with van der Waals surface area (Å²) in [6, 6.07) is 11.0. The van der Waals surface area contributed by atoms with Crippen LogP contribution in [0.1, 0.15) is 276 Å². The van der Waals surface area contributed by atoms with Crippen LogP contribution in [0, 0.1) is 96.7 Å². The smallest absolute Gasteiger partial charge is 0.384 e. The van der Waals surface area contributed by atoms with Crippen LogP contribution < -0.4 is 0 Å². The molecule has 1 aromatic rings. The molecule has 0 radical (unpaired) electrons. The molecule has 0 saturated carbocycles. The third kappa shape index (κ3) is 81.1. The number of rotatable bonds is 63. The number of unbranched alkanes of at least 4 members (excludes halogenated alkanes) is 3. The Morgan fingerprint density at radius 3 is 0.690 bits per heavy atom. The number of likely N-dealkylation sites (N-methyl/N-ethyl adjacent to an activating group) is 9. The molecule has 145 heavy (non-hydrogen) atoms. The van der Waals surface area contributed by atoms with Gasteiger partial charge >= 0.3 is 53.7 Å². The molecule has 0 aliphatic rings.